The number of hydrogen-bond acceptors (Lipinski definition) is 1. The number of rotatable bonds is 1. The Hall–Kier alpha value is -1.57. The minimum absolute atomic E-state index is 0. The number of pyridine rings is 1. The fourth-order valence-electron chi connectivity index (χ4n) is 1.17. The largest absolute Gasteiger partial charge is 0.346 e. The highest BCUT2D eigenvalue weighted by Gasteiger charge is 1.97. The second kappa shape index (κ2) is 2.48. The lowest BCUT2D eigenvalue weighted by molar-refractivity contribution is 1.31. The second-order valence-corrected chi connectivity index (χ2v) is 2.92. The quantitative estimate of drug-likeness (QED) is 0.682. The predicted molar refractivity (Wildman–Crippen MR) is 52.9 cm³/mol. The molecule has 0 aliphatic heterocycles. The van der Waals surface area contributed by atoms with E-state index in [0.29, 0.717) is 0 Å². The van der Waals surface area contributed by atoms with E-state index in [1.807, 2.05) is 25.4 Å². The van der Waals surface area contributed by atoms with Crippen LogP contribution in [0.4, 0.5) is 0 Å². The Balaban J connectivity index is 0.000000845. The van der Waals surface area contributed by atoms with Crippen LogP contribution >= 0.6 is 0 Å². The van der Waals surface area contributed by atoms with Crippen molar-refractivity contribution in [3.8, 4) is 0 Å². The Kier molecular flexibility index (Phi) is 1.47. The average Bonchev–Trinajstić information content (AvgIpc) is 2.49. The van der Waals surface area contributed by atoms with Crippen molar-refractivity contribution in [1.82, 2.24) is 9.97 Å². The van der Waals surface area contributed by atoms with Gasteiger partial charge in [0, 0.05) is 19.2 Å². The van der Waals surface area contributed by atoms with E-state index in [0.717, 1.165) is 22.2 Å². The number of allylic oxidation sites excluding steroid dienone is 1. The van der Waals surface area contributed by atoms with Gasteiger partial charge in [-0.05, 0) is 30.2 Å². The van der Waals surface area contributed by atoms with Gasteiger partial charge >= 0.3 is 0 Å². The highest BCUT2D eigenvalue weighted by Crippen LogP contribution is 2.16. The summed E-state index contributed by atoms with van der Waals surface area (Å²) in [5.41, 5.74) is 3.08. The Bertz CT molecular complexity index is 431. The minimum Gasteiger partial charge on any atom is -0.346 e. The minimum atomic E-state index is 0. The number of fused-ring (bicyclic) bond motifs is 1. The lowest BCUT2D eigenvalue weighted by atomic mass is 10.1. The Morgan fingerprint density at radius 3 is 3.25 bits per heavy atom. The van der Waals surface area contributed by atoms with Gasteiger partial charge in [-0.15, -0.1) is 0 Å². The SMILES string of the molecule is C=C(C)c1cnc2[nH]ccc2c1.[HH]. The molecule has 2 rings (SSSR count). The lowest BCUT2D eigenvalue weighted by Crippen LogP contribution is -1.81. The number of hydrogen-bond donors (Lipinski definition) is 1. The van der Waals surface area contributed by atoms with E-state index in [1.54, 1.807) is 0 Å². The van der Waals surface area contributed by atoms with Crippen LogP contribution in [0.3, 0.4) is 0 Å². The Morgan fingerprint density at radius 2 is 2.50 bits per heavy atom. The zero-order valence-corrected chi connectivity index (χ0v) is 6.96. The molecule has 0 aliphatic rings. The van der Waals surface area contributed by atoms with Crippen molar-refractivity contribution in [1.29, 1.82) is 0 Å². The first-order valence-corrected chi connectivity index (χ1v) is 3.86. The van der Waals surface area contributed by atoms with Crippen LogP contribution in [0.15, 0.2) is 31.1 Å². The topological polar surface area (TPSA) is 28.7 Å². The monoisotopic (exact) mass is 160 g/mol. The first kappa shape index (κ1) is 7.10. The molecule has 0 radical (unpaired) electrons. The maximum absolute atomic E-state index is 4.25. The highest BCUT2D eigenvalue weighted by atomic mass is 14.8. The third-order valence-electron chi connectivity index (χ3n) is 1.89. The highest BCUT2D eigenvalue weighted by molar-refractivity contribution is 5.79. The van der Waals surface area contributed by atoms with E-state index >= 15 is 0 Å². The smallest absolute Gasteiger partial charge is 0.137 e. The van der Waals surface area contributed by atoms with Crippen LogP contribution in [0, 0.1) is 0 Å². The number of aromatic amines is 1. The molecular weight excluding hydrogens is 148 g/mol. The summed E-state index contributed by atoms with van der Waals surface area (Å²) in [6.07, 6.45) is 3.72. The van der Waals surface area contributed by atoms with Gasteiger partial charge < -0.3 is 4.98 Å². The summed E-state index contributed by atoms with van der Waals surface area (Å²) in [5.74, 6) is 0. The standard InChI is InChI=1S/C10H10N2.H2/c1-7(2)9-5-8-3-4-11-10(8)12-6-9;/h3-6H,1H2,2H3,(H,11,12);1H. The Morgan fingerprint density at radius 1 is 1.67 bits per heavy atom. The van der Waals surface area contributed by atoms with E-state index in [1.165, 1.54) is 0 Å². The van der Waals surface area contributed by atoms with Crippen LogP contribution in [0.25, 0.3) is 16.6 Å². The molecule has 0 saturated carbocycles. The average molecular weight is 160 g/mol. The van der Waals surface area contributed by atoms with Crippen molar-refractivity contribution in [3.05, 3.63) is 36.7 Å². The van der Waals surface area contributed by atoms with Crippen molar-refractivity contribution in [2.45, 2.75) is 6.92 Å². The van der Waals surface area contributed by atoms with E-state index < -0.39 is 0 Å². The van der Waals surface area contributed by atoms with Gasteiger partial charge in [-0.25, -0.2) is 4.98 Å². The van der Waals surface area contributed by atoms with Crippen LogP contribution in [-0.4, -0.2) is 9.97 Å². The molecule has 0 saturated heterocycles. The molecule has 2 nitrogen and oxygen atoms in total. The van der Waals surface area contributed by atoms with Crippen LogP contribution in [-0.2, 0) is 0 Å². The number of nitrogens with zero attached hydrogens (tertiary/aromatic N) is 1. The maximum Gasteiger partial charge on any atom is 0.137 e. The second-order valence-electron chi connectivity index (χ2n) is 2.92. The lowest BCUT2D eigenvalue weighted by Gasteiger charge is -1.97. The molecule has 0 atom stereocenters. The van der Waals surface area contributed by atoms with Crippen molar-refractivity contribution < 1.29 is 1.43 Å². The van der Waals surface area contributed by atoms with E-state index in [-0.39, 0.29) is 1.43 Å². The first-order chi connectivity index (χ1) is 5.77. The van der Waals surface area contributed by atoms with Gasteiger partial charge in [0.15, 0.2) is 0 Å². The molecule has 2 aromatic heterocycles. The molecule has 0 aromatic carbocycles. The van der Waals surface area contributed by atoms with Crippen LogP contribution < -0.4 is 0 Å². The third-order valence-corrected chi connectivity index (χ3v) is 1.89. The molecular formula is C10H12N2. The summed E-state index contributed by atoms with van der Waals surface area (Å²) in [6.45, 7) is 5.85. The fourth-order valence-corrected chi connectivity index (χ4v) is 1.17. The summed E-state index contributed by atoms with van der Waals surface area (Å²) in [6, 6.07) is 4.09. The van der Waals surface area contributed by atoms with E-state index in [2.05, 4.69) is 22.6 Å². The molecule has 62 valence electrons. The molecule has 2 heteroatoms. The number of nitrogens with one attached hydrogen (secondary N) is 1. The van der Waals surface area contributed by atoms with Gasteiger partial charge in [-0.1, -0.05) is 6.58 Å². The maximum atomic E-state index is 4.25. The van der Waals surface area contributed by atoms with Gasteiger partial charge in [0.05, 0.1) is 0 Å². The van der Waals surface area contributed by atoms with Crippen LogP contribution in [0.5, 0.6) is 0 Å². The summed E-state index contributed by atoms with van der Waals surface area (Å²) >= 11 is 0. The molecule has 2 heterocycles. The van der Waals surface area contributed by atoms with Crippen LogP contribution in [0.1, 0.15) is 13.9 Å². The molecule has 0 bridgehead atoms. The van der Waals surface area contributed by atoms with Crippen LogP contribution in [0.2, 0.25) is 0 Å². The van der Waals surface area contributed by atoms with Crippen molar-refractivity contribution in [2.24, 2.45) is 0 Å². The van der Waals surface area contributed by atoms with Crippen molar-refractivity contribution in [3.63, 3.8) is 0 Å². The summed E-state index contributed by atoms with van der Waals surface area (Å²) < 4.78 is 0. The zero-order chi connectivity index (χ0) is 8.55. The molecule has 1 N–H and O–H groups in total. The van der Waals surface area contributed by atoms with Gasteiger partial charge in [0.25, 0.3) is 0 Å². The van der Waals surface area contributed by atoms with Gasteiger partial charge in [-0.2, -0.15) is 0 Å². The normalized spacial score (nSPS) is 10.4. The molecule has 0 spiro atoms. The van der Waals surface area contributed by atoms with Crippen molar-refractivity contribution in [2.75, 3.05) is 0 Å². The summed E-state index contributed by atoms with van der Waals surface area (Å²) in [7, 11) is 0. The fraction of sp³-hybridized carbons (Fsp3) is 0.100. The van der Waals surface area contributed by atoms with Crippen molar-refractivity contribution >= 4 is 16.6 Å². The number of aromatic nitrogens is 2. The summed E-state index contributed by atoms with van der Waals surface area (Å²) in [4.78, 5) is 7.29. The van der Waals surface area contributed by atoms with E-state index in [9.17, 15) is 0 Å². The van der Waals surface area contributed by atoms with Gasteiger partial charge in [0.1, 0.15) is 5.65 Å². The zero-order valence-electron chi connectivity index (χ0n) is 6.96. The molecule has 0 fully saturated rings. The number of H-pyrrole nitrogens is 1. The van der Waals surface area contributed by atoms with E-state index in [4.69, 9.17) is 0 Å². The molecule has 0 amide bonds. The molecule has 2 aromatic rings. The first-order valence-electron chi connectivity index (χ1n) is 3.86. The third kappa shape index (κ3) is 1.01. The molecule has 12 heavy (non-hydrogen) atoms. The Labute approximate surface area is 72.4 Å². The molecule has 0 unspecified atom stereocenters. The van der Waals surface area contributed by atoms with Gasteiger partial charge in [0.2, 0.25) is 0 Å². The summed E-state index contributed by atoms with van der Waals surface area (Å²) in [5, 5.41) is 1.13. The van der Waals surface area contributed by atoms with Gasteiger partial charge in [-0.3, -0.25) is 0 Å². The molecule has 0 aliphatic carbocycles. The predicted octanol–water partition coefficient (Wildman–Crippen LogP) is 2.84.